The van der Waals surface area contributed by atoms with E-state index in [1.807, 2.05) is 23.9 Å². The van der Waals surface area contributed by atoms with Crippen molar-refractivity contribution in [2.45, 2.75) is 22.1 Å². The quantitative estimate of drug-likeness (QED) is 0.802. The van der Waals surface area contributed by atoms with E-state index in [-0.39, 0.29) is 0 Å². The Labute approximate surface area is 127 Å². The third-order valence-corrected chi connectivity index (χ3v) is 5.07. The zero-order valence-electron chi connectivity index (χ0n) is 10.7. The molecule has 0 atom stereocenters. The van der Waals surface area contributed by atoms with E-state index in [2.05, 4.69) is 36.6 Å². The van der Waals surface area contributed by atoms with Crippen LogP contribution in [-0.4, -0.2) is 6.26 Å². The smallest absolute Gasteiger partial charge is 0.0406 e. The number of benzene rings is 2. The second-order valence-electron chi connectivity index (χ2n) is 4.06. The van der Waals surface area contributed by atoms with Crippen molar-refractivity contribution in [1.29, 1.82) is 0 Å². The van der Waals surface area contributed by atoms with Gasteiger partial charge >= 0.3 is 0 Å². The molecule has 0 fully saturated rings. The summed E-state index contributed by atoms with van der Waals surface area (Å²) in [5.74, 6) is 0.933. The van der Waals surface area contributed by atoms with Crippen molar-refractivity contribution in [2.75, 3.05) is 6.26 Å². The van der Waals surface area contributed by atoms with Gasteiger partial charge in [0.2, 0.25) is 0 Å². The van der Waals surface area contributed by atoms with Crippen LogP contribution in [0.15, 0.2) is 52.3 Å². The highest BCUT2D eigenvalue weighted by molar-refractivity contribution is 7.99. The van der Waals surface area contributed by atoms with E-state index in [4.69, 9.17) is 17.3 Å². The highest BCUT2D eigenvalue weighted by Gasteiger charge is 2.07. The van der Waals surface area contributed by atoms with Crippen molar-refractivity contribution in [3.8, 4) is 0 Å². The number of rotatable bonds is 5. The average Bonchev–Trinajstić information content (AvgIpc) is 2.46. The van der Waals surface area contributed by atoms with Crippen LogP contribution in [0.5, 0.6) is 0 Å². The predicted octanol–water partition coefficient (Wildman–Crippen LogP) is 4.81. The molecule has 2 N–H and O–H groups in total. The van der Waals surface area contributed by atoms with E-state index in [0.717, 1.165) is 10.8 Å². The number of nitrogens with two attached hydrogens (primary N) is 1. The fraction of sp³-hybridized carbons (Fsp3) is 0.200. The number of thioether (sulfide) groups is 2. The number of hydrogen-bond donors (Lipinski definition) is 1. The van der Waals surface area contributed by atoms with Crippen LogP contribution in [0.2, 0.25) is 5.02 Å². The molecule has 0 bridgehead atoms. The molecule has 0 amide bonds. The standard InChI is InChI=1S/C15H16ClNS2/c1-18-14-3-2-4-15(13(14)9-17)19-10-11-5-7-12(16)8-6-11/h2-8H,9-10,17H2,1H3. The van der Waals surface area contributed by atoms with Crippen molar-refractivity contribution in [3.63, 3.8) is 0 Å². The Balaban J connectivity index is 2.13. The molecule has 2 aromatic carbocycles. The highest BCUT2D eigenvalue weighted by Crippen LogP contribution is 2.32. The lowest BCUT2D eigenvalue weighted by Gasteiger charge is -2.11. The van der Waals surface area contributed by atoms with Gasteiger partial charge in [0.15, 0.2) is 0 Å². The first kappa shape index (κ1) is 14.8. The van der Waals surface area contributed by atoms with Gasteiger partial charge in [0.1, 0.15) is 0 Å². The fourth-order valence-electron chi connectivity index (χ4n) is 1.81. The molecule has 0 spiro atoms. The summed E-state index contributed by atoms with van der Waals surface area (Å²) >= 11 is 9.46. The lowest BCUT2D eigenvalue weighted by atomic mass is 10.2. The molecule has 0 aliphatic carbocycles. The molecule has 0 heterocycles. The SMILES string of the molecule is CSc1cccc(SCc2ccc(Cl)cc2)c1CN. The van der Waals surface area contributed by atoms with Gasteiger partial charge in [-0.15, -0.1) is 23.5 Å². The van der Waals surface area contributed by atoms with Crippen molar-refractivity contribution in [3.05, 3.63) is 58.6 Å². The van der Waals surface area contributed by atoms with Gasteiger partial charge in [0.05, 0.1) is 0 Å². The molecule has 0 saturated carbocycles. The van der Waals surface area contributed by atoms with Crippen LogP contribution in [0, 0.1) is 0 Å². The molecular weight excluding hydrogens is 294 g/mol. The Morgan fingerprint density at radius 2 is 1.74 bits per heavy atom. The summed E-state index contributed by atoms with van der Waals surface area (Å²) in [7, 11) is 0. The Morgan fingerprint density at radius 1 is 1.05 bits per heavy atom. The van der Waals surface area contributed by atoms with Crippen molar-refractivity contribution in [2.24, 2.45) is 5.73 Å². The molecule has 0 radical (unpaired) electrons. The van der Waals surface area contributed by atoms with Gasteiger partial charge in [-0.1, -0.05) is 29.8 Å². The number of hydrogen-bond acceptors (Lipinski definition) is 3. The topological polar surface area (TPSA) is 26.0 Å². The highest BCUT2D eigenvalue weighted by atomic mass is 35.5. The first-order valence-corrected chi connectivity index (χ1v) is 8.56. The first-order chi connectivity index (χ1) is 9.24. The summed E-state index contributed by atoms with van der Waals surface area (Å²) in [6.45, 7) is 0.583. The molecular formula is C15H16ClNS2. The molecule has 2 aromatic rings. The lowest BCUT2D eigenvalue weighted by molar-refractivity contribution is 0.980. The van der Waals surface area contributed by atoms with E-state index < -0.39 is 0 Å². The molecule has 0 aliphatic rings. The molecule has 100 valence electrons. The normalized spacial score (nSPS) is 10.7. The van der Waals surface area contributed by atoms with E-state index in [1.54, 1.807) is 11.8 Å². The summed E-state index contributed by atoms with van der Waals surface area (Å²) < 4.78 is 0. The Kier molecular flexibility index (Phi) is 5.64. The maximum Gasteiger partial charge on any atom is 0.0406 e. The van der Waals surface area contributed by atoms with Gasteiger partial charge in [-0.25, -0.2) is 0 Å². The van der Waals surface area contributed by atoms with Gasteiger partial charge in [0, 0.05) is 27.1 Å². The van der Waals surface area contributed by atoms with E-state index in [1.165, 1.54) is 20.9 Å². The Bertz CT molecular complexity index is 540. The van der Waals surface area contributed by atoms with Gasteiger partial charge in [-0.3, -0.25) is 0 Å². The third kappa shape index (κ3) is 3.93. The molecule has 4 heteroatoms. The molecule has 1 nitrogen and oxygen atoms in total. The van der Waals surface area contributed by atoms with E-state index in [9.17, 15) is 0 Å². The van der Waals surface area contributed by atoms with Crippen LogP contribution in [0.1, 0.15) is 11.1 Å². The van der Waals surface area contributed by atoms with Gasteiger partial charge < -0.3 is 5.73 Å². The van der Waals surface area contributed by atoms with Gasteiger partial charge in [-0.2, -0.15) is 0 Å². The molecule has 0 aromatic heterocycles. The summed E-state index contributed by atoms with van der Waals surface area (Å²) in [4.78, 5) is 2.54. The lowest BCUT2D eigenvalue weighted by Crippen LogP contribution is -2.00. The van der Waals surface area contributed by atoms with Crippen LogP contribution in [-0.2, 0) is 12.3 Å². The second-order valence-corrected chi connectivity index (χ2v) is 6.36. The van der Waals surface area contributed by atoms with Gasteiger partial charge in [-0.05, 0) is 41.6 Å². The zero-order chi connectivity index (χ0) is 13.7. The van der Waals surface area contributed by atoms with Crippen LogP contribution < -0.4 is 5.73 Å². The summed E-state index contributed by atoms with van der Waals surface area (Å²) in [6.07, 6.45) is 2.09. The maximum atomic E-state index is 5.89. The predicted molar refractivity (Wildman–Crippen MR) is 87.1 cm³/mol. The summed E-state index contributed by atoms with van der Waals surface area (Å²) in [5, 5.41) is 0.778. The molecule has 0 saturated heterocycles. The molecule has 19 heavy (non-hydrogen) atoms. The monoisotopic (exact) mass is 309 g/mol. The van der Waals surface area contributed by atoms with Gasteiger partial charge in [0.25, 0.3) is 0 Å². The average molecular weight is 310 g/mol. The fourth-order valence-corrected chi connectivity index (χ4v) is 3.72. The minimum atomic E-state index is 0.583. The van der Waals surface area contributed by atoms with Crippen molar-refractivity contribution < 1.29 is 0 Å². The van der Waals surface area contributed by atoms with Crippen molar-refractivity contribution >= 4 is 35.1 Å². The molecule has 2 rings (SSSR count). The summed E-state index contributed by atoms with van der Waals surface area (Å²) in [5.41, 5.74) is 8.39. The molecule has 0 unspecified atom stereocenters. The van der Waals surface area contributed by atoms with Crippen molar-refractivity contribution in [1.82, 2.24) is 0 Å². The maximum absolute atomic E-state index is 5.89. The minimum Gasteiger partial charge on any atom is -0.326 e. The van der Waals surface area contributed by atoms with Crippen LogP contribution >= 0.6 is 35.1 Å². The largest absolute Gasteiger partial charge is 0.326 e. The zero-order valence-corrected chi connectivity index (χ0v) is 13.1. The Morgan fingerprint density at radius 3 is 2.37 bits per heavy atom. The summed E-state index contributed by atoms with van der Waals surface area (Å²) in [6, 6.07) is 14.3. The van der Waals surface area contributed by atoms with E-state index >= 15 is 0 Å². The first-order valence-electron chi connectivity index (χ1n) is 5.97. The van der Waals surface area contributed by atoms with Crippen LogP contribution in [0.3, 0.4) is 0 Å². The van der Waals surface area contributed by atoms with E-state index in [0.29, 0.717) is 6.54 Å². The number of halogens is 1. The Hall–Kier alpha value is -0.610. The minimum absolute atomic E-state index is 0.583. The van der Waals surface area contributed by atoms with Crippen LogP contribution in [0.25, 0.3) is 0 Å². The third-order valence-electron chi connectivity index (χ3n) is 2.82. The molecule has 0 aliphatic heterocycles. The second kappa shape index (κ2) is 7.25. The van der Waals surface area contributed by atoms with Crippen LogP contribution in [0.4, 0.5) is 0 Å².